The zero-order valence-corrected chi connectivity index (χ0v) is 10.1. The van der Waals surface area contributed by atoms with Crippen LogP contribution in [-0.4, -0.2) is 10.5 Å². The van der Waals surface area contributed by atoms with Crippen molar-refractivity contribution < 1.29 is 4.79 Å². The molecule has 3 heteroatoms. The number of hydrogen-bond acceptors (Lipinski definition) is 2. The number of carbonyl (C=O) groups is 1. The highest BCUT2D eigenvalue weighted by Gasteiger charge is 2.12. The molecule has 1 aromatic heterocycles. The molecule has 0 spiro atoms. The van der Waals surface area contributed by atoms with Crippen molar-refractivity contribution in [3.05, 3.63) is 48.7 Å². The largest absolute Gasteiger partial charge is 0.287 e. The van der Waals surface area contributed by atoms with Crippen molar-refractivity contribution in [2.75, 3.05) is 0 Å². The quantitative estimate of drug-likeness (QED) is 0.767. The van der Waals surface area contributed by atoms with Gasteiger partial charge >= 0.3 is 0 Å². The van der Waals surface area contributed by atoms with Crippen LogP contribution in [0.1, 0.15) is 23.2 Å². The summed E-state index contributed by atoms with van der Waals surface area (Å²) in [5.74, 6) is 0.0373. The van der Waals surface area contributed by atoms with E-state index < -0.39 is 0 Å². The Morgan fingerprint density at radius 1 is 1.44 bits per heavy atom. The molecule has 0 bridgehead atoms. The summed E-state index contributed by atoms with van der Waals surface area (Å²) in [5.41, 5.74) is 1.77. The van der Waals surface area contributed by atoms with Gasteiger partial charge in [0.25, 0.3) is 0 Å². The molecule has 0 saturated heterocycles. The monoisotopic (exact) mass is 238 g/mol. The van der Waals surface area contributed by atoms with Crippen molar-refractivity contribution in [2.24, 2.45) is 0 Å². The lowest BCUT2D eigenvalue weighted by atomic mass is 10.1. The van der Waals surface area contributed by atoms with Crippen molar-refractivity contribution in [3.63, 3.8) is 0 Å². The molecule has 3 nitrogen and oxygen atoms in total. The molecule has 0 radical (unpaired) electrons. The summed E-state index contributed by atoms with van der Waals surface area (Å²) in [6, 6.07) is 9.80. The highest BCUT2D eigenvalue weighted by Crippen LogP contribution is 2.22. The van der Waals surface area contributed by atoms with Gasteiger partial charge in [0.2, 0.25) is 5.91 Å². The van der Waals surface area contributed by atoms with E-state index in [1.165, 1.54) is 0 Å². The fourth-order valence-corrected chi connectivity index (χ4v) is 2.03. The van der Waals surface area contributed by atoms with Crippen molar-refractivity contribution in [1.82, 2.24) is 4.57 Å². The first-order valence-electron chi connectivity index (χ1n) is 5.88. The van der Waals surface area contributed by atoms with Gasteiger partial charge in [0.1, 0.15) is 0 Å². The molecule has 0 aliphatic carbocycles. The molecule has 0 aliphatic heterocycles. The van der Waals surface area contributed by atoms with Crippen LogP contribution in [-0.2, 0) is 6.42 Å². The van der Waals surface area contributed by atoms with Crippen LogP contribution in [0.3, 0.4) is 0 Å². The molecule has 0 fully saturated rings. The van der Waals surface area contributed by atoms with Crippen LogP contribution in [0.5, 0.6) is 0 Å². The number of nitrogens with zero attached hydrogens (tertiary/aromatic N) is 2. The van der Waals surface area contributed by atoms with Crippen LogP contribution in [0, 0.1) is 11.3 Å². The van der Waals surface area contributed by atoms with Crippen LogP contribution < -0.4 is 0 Å². The molecule has 0 amide bonds. The first-order valence-corrected chi connectivity index (χ1v) is 5.88. The Hall–Kier alpha value is -2.34. The van der Waals surface area contributed by atoms with Gasteiger partial charge in [0.15, 0.2) is 0 Å². The third kappa shape index (κ3) is 2.18. The van der Waals surface area contributed by atoms with E-state index in [1.54, 1.807) is 16.8 Å². The lowest BCUT2D eigenvalue weighted by molar-refractivity contribution is 0.0909. The fraction of sp³-hybridized carbons (Fsp3) is 0.200. The Labute approximate surface area is 106 Å². The Morgan fingerprint density at radius 3 is 2.94 bits per heavy atom. The number of rotatable bonds is 4. The van der Waals surface area contributed by atoms with Gasteiger partial charge in [-0.25, -0.2) is 0 Å². The number of allylic oxidation sites excluding steroid dienone is 1. The first kappa shape index (κ1) is 12.1. The topological polar surface area (TPSA) is 45.8 Å². The second-order valence-electron chi connectivity index (χ2n) is 4.10. The van der Waals surface area contributed by atoms with E-state index in [0.29, 0.717) is 19.3 Å². The molecule has 18 heavy (non-hydrogen) atoms. The van der Waals surface area contributed by atoms with E-state index in [4.69, 9.17) is 5.26 Å². The molecule has 2 rings (SSSR count). The van der Waals surface area contributed by atoms with Crippen molar-refractivity contribution in [3.8, 4) is 6.07 Å². The molecule has 1 aromatic carbocycles. The third-order valence-electron chi connectivity index (χ3n) is 2.90. The van der Waals surface area contributed by atoms with E-state index in [2.05, 4.69) is 12.6 Å². The molecule has 0 aliphatic rings. The van der Waals surface area contributed by atoms with Crippen LogP contribution >= 0.6 is 0 Å². The van der Waals surface area contributed by atoms with E-state index in [0.717, 1.165) is 16.5 Å². The standard InChI is InChI=1S/C15H14N2O/c1-2-3-8-15(18)17-11-12(9-10-16)13-6-4-5-7-14(13)17/h2,4-7,11H,1,3,8-9H2. The Balaban J connectivity index is 2.48. The molecule has 90 valence electrons. The van der Waals surface area contributed by atoms with Gasteiger partial charge in [-0.2, -0.15) is 5.26 Å². The normalized spacial score (nSPS) is 10.2. The number of carbonyl (C=O) groups excluding carboxylic acids is 1. The lowest BCUT2D eigenvalue weighted by Crippen LogP contribution is -2.08. The summed E-state index contributed by atoms with van der Waals surface area (Å²) in [6.45, 7) is 3.62. The molecule has 0 atom stereocenters. The number of aromatic nitrogens is 1. The maximum atomic E-state index is 12.1. The van der Waals surface area contributed by atoms with E-state index in [-0.39, 0.29) is 5.91 Å². The fourth-order valence-electron chi connectivity index (χ4n) is 2.03. The summed E-state index contributed by atoms with van der Waals surface area (Å²) in [5, 5.41) is 9.79. The summed E-state index contributed by atoms with van der Waals surface area (Å²) in [6.07, 6.45) is 4.94. The summed E-state index contributed by atoms with van der Waals surface area (Å²) in [7, 11) is 0. The number of para-hydroxylation sites is 1. The molecule has 0 N–H and O–H groups in total. The maximum absolute atomic E-state index is 12.1. The van der Waals surface area contributed by atoms with E-state index >= 15 is 0 Å². The van der Waals surface area contributed by atoms with E-state index in [1.807, 2.05) is 24.3 Å². The first-order chi connectivity index (χ1) is 8.77. The Morgan fingerprint density at radius 2 is 2.22 bits per heavy atom. The zero-order chi connectivity index (χ0) is 13.0. The molecular formula is C15H14N2O. The van der Waals surface area contributed by atoms with Crippen LogP contribution in [0.2, 0.25) is 0 Å². The number of benzene rings is 1. The average Bonchev–Trinajstić information content (AvgIpc) is 2.76. The van der Waals surface area contributed by atoms with Crippen LogP contribution in [0.15, 0.2) is 43.1 Å². The molecule has 0 saturated carbocycles. The lowest BCUT2D eigenvalue weighted by Gasteiger charge is -2.01. The van der Waals surface area contributed by atoms with Gasteiger partial charge in [-0.3, -0.25) is 9.36 Å². The van der Waals surface area contributed by atoms with Gasteiger partial charge in [0.05, 0.1) is 18.0 Å². The highest BCUT2D eigenvalue weighted by atomic mass is 16.2. The Kier molecular flexibility index (Phi) is 3.59. The predicted molar refractivity (Wildman–Crippen MR) is 71.3 cm³/mol. The number of hydrogen-bond donors (Lipinski definition) is 0. The molecule has 2 aromatic rings. The van der Waals surface area contributed by atoms with Gasteiger partial charge in [0, 0.05) is 18.0 Å². The Bertz CT molecular complexity index is 631. The molecule has 0 unspecified atom stereocenters. The minimum atomic E-state index is 0.0373. The van der Waals surface area contributed by atoms with Gasteiger partial charge < -0.3 is 0 Å². The number of nitriles is 1. The SMILES string of the molecule is C=CCCC(=O)n1cc(CC#N)c2ccccc21. The third-order valence-corrected chi connectivity index (χ3v) is 2.90. The minimum Gasteiger partial charge on any atom is -0.287 e. The maximum Gasteiger partial charge on any atom is 0.231 e. The van der Waals surface area contributed by atoms with Gasteiger partial charge in [-0.15, -0.1) is 6.58 Å². The van der Waals surface area contributed by atoms with Crippen molar-refractivity contribution in [1.29, 1.82) is 5.26 Å². The second-order valence-corrected chi connectivity index (χ2v) is 4.10. The summed E-state index contributed by atoms with van der Waals surface area (Å²) in [4.78, 5) is 12.1. The van der Waals surface area contributed by atoms with E-state index in [9.17, 15) is 4.79 Å². The second kappa shape index (κ2) is 5.33. The summed E-state index contributed by atoms with van der Waals surface area (Å²) >= 11 is 0. The zero-order valence-electron chi connectivity index (χ0n) is 10.1. The number of fused-ring (bicyclic) bond motifs is 1. The van der Waals surface area contributed by atoms with Gasteiger partial charge in [-0.05, 0) is 18.1 Å². The molecule has 1 heterocycles. The smallest absolute Gasteiger partial charge is 0.231 e. The highest BCUT2D eigenvalue weighted by molar-refractivity contribution is 5.94. The van der Waals surface area contributed by atoms with Crippen molar-refractivity contribution >= 4 is 16.8 Å². The minimum absolute atomic E-state index is 0.0373. The summed E-state index contributed by atoms with van der Waals surface area (Å²) < 4.78 is 1.64. The van der Waals surface area contributed by atoms with Crippen LogP contribution in [0.4, 0.5) is 0 Å². The van der Waals surface area contributed by atoms with Crippen LogP contribution in [0.25, 0.3) is 10.9 Å². The average molecular weight is 238 g/mol. The molecular weight excluding hydrogens is 224 g/mol. The van der Waals surface area contributed by atoms with Gasteiger partial charge in [-0.1, -0.05) is 24.3 Å². The van der Waals surface area contributed by atoms with Crippen molar-refractivity contribution in [2.45, 2.75) is 19.3 Å². The predicted octanol–water partition coefficient (Wildman–Crippen LogP) is 3.31.